The van der Waals surface area contributed by atoms with Crippen LogP contribution in [0.3, 0.4) is 0 Å². The van der Waals surface area contributed by atoms with Crippen LogP contribution in [0.4, 0.5) is 0 Å². The molecule has 3 atom stereocenters. The van der Waals surface area contributed by atoms with Crippen molar-refractivity contribution in [3.63, 3.8) is 0 Å². The van der Waals surface area contributed by atoms with Crippen LogP contribution in [0.25, 0.3) is 0 Å². The molecule has 2 aromatic rings. The summed E-state index contributed by atoms with van der Waals surface area (Å²) in [6.07, 6.45) is -1.10. The quantitative estimate of drug-likeness (QED) is 0.645. The maximum absolute atomic E-state index is 11.5. The Morgan fingerprint density at radius 2 is 1.95 bits per heavy atom. The Labute approximate surface area is 134 Å². The van der Waals surface area contributed by atoms with Crippen LogP contribution in [0.15, 0.2) is 57.9 Å². The Bertz CT molecular complexity index is 694. The molecular formula is C15H12BrNO3S. The first-order chi connectivity index (χ1) is 10.1. The number of benzene rings is 2. The third-order valence-corrected chi connectivity index (χ3v) is 5.47. The molecule has 0 bridgehead atoms. The lowest BCUT2D eigenvalue weighted by atomic mass is 9.95. The van der Waals surface area contributed by atoms with Gasteiger partial charge in [0, 0.05) is 19.9 Å². The summed E-state index contributed by atoms with van der Waals surface area (Å²) >= 11 is 4.83. The predicted octanol–water partition coefficient (Wildman–Crippen LogP) is 3.97. The van der Waals surface area contributed by atoms with Gasteiger partial charge in [-0.25, -0.2) is 0 Å². The third-order valence-electron chi connectivity index (χ3n) is 3.55. The number of hydrogen-bond donors (Lipinski definition) is 1. The van der Waals surface area contributed by atoms with Crippen molar-refractivity contribution in [3.05, 3.63) is 74.2 Å². The Morgan fingerprint density at radius 3 is 2.67 bits per heavy atom. The molecule has 1 N–H and O–H groups in total. The van der Waals surface area contributed by atoms with Crippen LogP contribution in [0, 0.1) is 10.1 Å². The van der Waals surface area contributed by atoms with E-state index in [1.54, 1.807) is 12.1 Å². The van der Waals surface area contributed by atoms with E-state index in [0.717, 1.165) is 14.9 Å². The highest BCUT2D eigenvalue weighted by molar-refractivity contribution is 9.10. The van der Waals surface area contributed by atoms with Crippen molar-refractivity contribution >= 4 is 27.7 Å². The van der Waals surface area contributed by atoms with Gasteiger partial charge in [-0.1, -0.05) is 46.3 Å². The van der Waals surface area contributed by atoms with Gasteiger partial charge < -0.3 is 5.11 Å². The first kappa shape index (κ1) is 14.6. The second-order valence-corrected chi connectivity index (χ2v) is 6.95. The summed E-state index contributed by atoms with van der Waals surface area (Å²) in [6, 6.07) is 13.7. The molecule has 0 radical (unpaired) electrons. The van der Waals surface area contributed by atoms with Gasteiger partial charge in [0.2, 0.25) is 0 Å². The third kappa shape index (κ3) is 2.71. The van der Waals surface area contributed by atoms with Gasteiger partial charge in [-0.2, -0.15) is 0 Å². The summed E-state index contributed by atoms with van der Waals surface area (Å²) in [4.78, 5) is 12.0. The summed E-state index contributed by atoms with van der Waals surface area (Å²) in [7, 11) is 0. The molecule has 2 aromatic carbocycles. The molecule has 4 nitrogen and oxygen atoms in total. The number of thioether (sulfide) groups is 1. The van der Waals surface area contributed by atoms with Crippen molar-refractivity contribution in [1.82, 2.24) is 0 Å². The smallest absolute Gasteiger partial charge is 0.258 e. The second-order valence-electron chi connectivity index (χ2n) is 4.85. The molecule has 21 heavy (non-hydrogen) atoms. The maximum atomic E-state index is 11.5. The van der Waals surface area contributed by atoms with Gasteiger partial charge in [0.1, 0.15) is 11.4 Å². The van der Waals surface area contributed by atoms with Crippen molar-refractivity contribution in [3.8, 4) is 0 Å². The Hall–Kier alpha value is -1.37. The second kappa shape index (κ2) is 5.79. The molecule has 6 heteroatoms. The molecule has 0 spiro atoms. The number of nitro groups is 1. The van der Waals surface area contributed by atoms with Crippen molar-refractivity contribution in [1.29, 1.82) is 0 Å². The lowest BCUT2D eigenvalue weighted by Crippen LogP contribution is -2.35. The maximum Gasteiger partial charge on any atom is 0.258 e. The van der Waals surface area contributed by atoms with Gasteiger partial charge in [0.15, 0.2) is 0 Å². The van der Waals surface area contributed by atoms with E-state index in [2.05, 4.69) is 15.9 Å². The van der Waals surface area contributed by atoms with Gasteiger partial charge in [0.25, 0.3) is 6.04 Å². The van der Waals surface area contributed by atoms with Crippen molar-refractivity contribution in [2.75, 3.05) is 0 Å². The van der Waals surface area contributed by atoms with E-state index in [0.29, 0.717) is 5.56 Å². The normalized spacial score (nSPS) is 24.4. The highest BCUT2D eigenvalue weighted by Gasteiger charge is 2.45. The van der Waals surface area contributed by atoms with Gasteiger partial charge in [-0.3, -0.25) is 10.1 Å². The fraction of sp³-hybridized carbons (Fsp3) is 0.200. The number of hydrogen-bond acceptors (Lipinski definition) is 4. The molecule has 1 aliphatic rings. The van der Waals surface area contributed by atoms with Crippen LogP contribution < -0.4 is 0 Å². The van der Waals surface area contributed by atoms with E-state index in [-0.39, 0.29) is 4.92 Å². The van der Waals surface area contributed by atoms with E-state index in [1.807, 2.05) is 36.4 Å². The zero-order chi connectivity index (χ0) is 15.0. The molecule has 0 saturated carbocycles. The number of halogens is 1. The fourth-order valence-electron chi connectivity index (χ4n) is 2.56. The molecule has 0 saturated heterocycles. The van der Waals surface area contributed by atoms with Crippen LogP contribution in [-0.2, 0) is 0 Å². The van der Waals surface area contributed by atoms with Gasteiger partial charge in [0.05, 0.1) is 0 Å². The minimum atomic E-state index is -1.10. The van der Waals surface area contributed by atoms with Gasteiger partial charge in [-0.05, 0) is 23.8 Å². The summed E-state index contributed by atoms with van der Waals surface area (Å²) < 4.78 is 0.871. The minimum Gasteiger partial charge on any atom is -0.381 e. The van der Waals surface area contributed by atoms with E-state index < -0.39 is 17.4 Å². The Kier molecular flexibility index (Phi) is 4.01. The van der Waals surface area contributed by atoms with E-state index in [1.165, 1.54) is 11.8 Å². The molecule has 0 aliphatic carbocycles. The number of aliphatic hydroxyl groups is 1. The molecule has 3 rings (SSSR count). The molecule has 0 fully saturated rings. The van der Waals surface area contributed by atoms with Crippen LogP contribution in [0.2, 0.25) is 0 Å². The number of nitrogens with zero attached hydrogens (tertiary/aromatic N) is 1. The largest absolute Gasteiger partial charge is 0.381 e. The summed E-state index contributed by atoms with van der Waals surface area (Å²) in [5.41, 5.74) is 1.47. The lowest BCUT2D eigenvalue weighted by Gasteiger charge is -2.31. The predicted molar refractivity (Wildman–Crippen MR) is 84.9 cm³/mol. The van der Waals surface area contributed by atoms with E-state index in [9.17, 15) is 15.2 Å². The average Bonchev–Trinajstić information content (AvgIpc) is 2.46. The lowest BCUT2D eigenvalue weighted by molar-refractivity contribution is -0.536. The van der Waals surface area contributed by atoms with Gasteiger partial charge >= 0.3 is 0 Å². The zero-order valence-electron chi connectivity index (χ0n) is 10.8. The van der Waals surface area contributed by atoms with E-state index >= 15 is 0 Å². The van der Waals surface area contributed by atoms with Crippen LogP contribution in [0.5, 0.6) is 0 Å². The van der Waals surface area contributed by atoms with Crippen LogP contribution >= 0.6 is 27.7 Å². The molecule has 0 aromatic heterocycles. The molecule has 1 heterocycles. The standard InChI is InChI=1S/C15H12BrNO3S/c16-10-5-3-4-9(8-10)15-13(17(19)20)14(18)11-6-1-2-7-12(11)21-15/h1-8,13-15,18H. The molecule has 108 valence electrons. The number of fused-ring (bicyclic) bond motifs is 1. The fourth-order valence-corrected chi connectivity index (χ4v) is 4.41. The molecule has 1 aliphatic heterocycles. The Morgan fingerprint density at radius 1 is 1.19 bits per heavy atom. The van der Waals surface area contributed by atoms with Crippen molar-refractivity contribution in [2.24, 2.45) is 0 Å². The first-order valence-electron chi connectivity index (χ1n) is 6.40. The number of rotatable bonds is 2. The summed E-state index contributed by atoms with van der Waals surface area (Å²) in [5.74, 6) is 0. The summed E-state index contributed by atoms with van der Waals surface area (Å²) in [6.45, 7) is 0. The molecule has 3 unspecified atom stereocenters. The van der Waals surface area contributed by atoms with Crippen LogP contribution in [0.1, 0.15) is 22.5 Å². The minimum absolute atomic E-state index is 0.376. The van der Waals surface area contributed by atoms with Crippen molar-refractivity contribution in [2.45, 2.75) is 22.3 Å². The summed E-state index contributed by atoms with van der Waals surface area (Å²) in [5, 5.41) is 21.5. The SMILES string of the molecule is O=[N+]([O-])C1C(O)c2ccccc2SC1c1cccc(Br)c1. The Balaban J connectivity index is 2.09. The van der Waals surface area contributed by atoms with Crippen molar-refractivity contribution < 1.29 is 10.0 Å². The monoisotopic (exact) mass is 365 g/mol. The number of aliphatic hydroxyl groups excluding tert-OH is 1. The highest BCUT2D eigenvalue weighted by atomic mass is 79.9. The topological polar surface area (TPSA) is 63.4 Å². The molecule has 0 amide bonds. The van der Waals surface area contributed by atoms with Gasteiger partial charge in [-0.15, -0.1) is 11.8 Å². The zero-order valence-corrected chi connectivity index (χ0v) is 13.3. The highest BCUT2D eigenvalue weighted by Crippen LogP contribution is 2.50. The van der Waals surface area contributed by atoms with Crippen LogP contribution in [-0.4, -0.2) is 16.1 Å². The van der Waals surface area contributed by atoms with E-state index in [4.69, 9.17) is 0 Å². The average molecular weight is 366 g/mol. The molecular weight excluding hydrogens is 354 g/mol. The first-order valence-corrected chi connectivity index (χ1v) is 8.08.